The highest BCUT2D eigenvalue weighted by Crippen LogP contribution is 2.36. The fourth-order valence-corrected chi connectivity index (χ4v) is 6.03. The van der Waals surface area contributed by atoms with E-state index in [1.54, 1.807) is 24.3 Å². The first-order valence-corrected chi connectivity index (χ1v) is 13.0. The van der Waals surface area contributed by atoms with Gasteiger partial charge >= 0.3 is 0 Å². The van der Waals surface area contributed by atoms with Gasteiger partial charge < -0.3 is 14.7 Å². The van der Waals surface area contributed by atoms with Crippen LogP contribution >= 0.6 is 0 Å². The van der Waals surface area contributed by atoms with Crippen LogP contribution in [0.2, 0.25) is 0 Å². The molecule has 0 radical (unpaired) electrons. The maximum atomic E-state index is 13.7. The van der Waals surface area contributed by atoms with Crippen molar-refractivity contribution in [3.8, 4) is 0 Å². The molecule has 1 aliphatic heterocycles. The Balaban J connectivity index is 1.73. The average Bonchev–Trinajstić information content (AvgIpc) is 2.86. The van der Waals surface area contributed by atoms with Crippen LogP contribution in [0.3, 0.4) is 0 Å². The van der Waals surface area contributed by atoms with Gasteiger partial charge in [0.2, 0.25) is 9.84 Å². The quantitative estimate of drug-likeness (QED) is 0.502. The molecular weight excluding hydrogens is 446 g/mol. The molecule has 2 atom stereocenters. The summed E-state index contributed by atoms with van der Waals surface area (Å²) in [6.45, 7) is 4.47. The minimum Gasteiger partial charge on any atom is -0.390 e. The number of hydrogen-bond donors (Lipinski definition) is 1. The van der Waals surface area contributed by atoms with Crippen LogP contribution in [0.4, 0.5) is 0 Å². The van der Waals surface area contributed by atoms with Crippen LogP contribution in [-0.2, 0) is 27.7 Å². The van der Waals surface area contributed by atoms with Gasteiger partial charge in [-0.25, -0.2) is 8.42 Å². The molecule has 3 aromatic carbocycles. The molecule has 0 amide bonds. The fraction of sp³-hybridized carbons (Fsp3) is 0.286. The van der Waals surface area contributed by atoms with E-state index in [9.17, 15) is 13.5 Å². The first-order chi connectivity index (χ1) is 16.4. The van der Waals surface area contributed by atoms with Gasteiger partial charge in [-0.3, -0.25) is 0 Å². The number of rotatable bonds is 8. The van der Waals surface area contributed by atoms with Crippen molar-refractivity contribution in [1.29, 1.82) is 0 Å². The smallest absolute Gasteiger partial charge is 0.204 e. The third-order valence-corrected chi connectivity index (χ3v) is 8.34. The van der Waals surface area contributed by atoms with Gasteiger partial charge in [0.1, 0.15) is 0 Å². The number of benzene rings is 3. The molecule has 178 valence electrons. The normalized spacial score (nSPS) is 18.9. The van der Waals surface area contributed by atoms with E-state index >= 15 is 0 Å². The van der Waals surface area contributed by atoms with Crippen molar-refractivity contribution in [3.63, 3.8) is 0 Å². The maximum absolute atomic E-state index is 13.7. The van der Waals surface area contributed by atoms with E-state index in [0.717, 1.165) is 16.7 Å². The van der Waals surface area contributed by atoms with Crippen molar-refractivity contribution in [2.75, 3.05) is 6.61 Å². The molecule has 0 aliphatic carbocycles. The number of aliphatic hydroxyl groups is 1. The summed E-state index contributed by atoms with van der Waals surface area (Å²) in [7, 11) is -3.81. The minimum absolute atomic E-state index is 0.122. The first-order valence-electron chi connectivity index (χ1n) is 11.5. The molecule has 0 aromatic heterocycles. The van der Waals surface area contributed by atoms with Crippen molar-refractivity contribution in [1.82, 2.24) is 4.90 Å². The summed E-state index contributed by atoms with van der Waals surface area (Å²) in [4.78, 5) is 2.44. The second-order valence-corrected chi connectivity index (χ2v) is 10.7. The molecule has 0 fully saturated rings. The molecule has 0 bridgehead atoms. The van der Waals surface area contributed by atoms with Crippen LogP contribution in [0.15, 0.2) is 100 Å². The first kappa shape index (κ1) is 24.2. The number of hydrogen-bond acceptors (Lipinski definition) is 5. The van der Waals surface area contributed by atoms with Crippen molar-refractivity contribution in [2.24, 2.45) is 0 Å². The summed E-state index contributed by atoms with van der Waals surface area (Å²) in [5.41, 5.74) is 3.50. The number of aliphatic hydroxyl groups excluding tert-OH is 1. The predicted molar refractivity (Wildman–Crippen MR) is 134 cm³/mol. The SMILES string of the molecule is Cc1ccc(S(=O)(=O)C2=C(CO)N(Cc3ccccc3)[C@@H](C)[C@@H](OCc3ccccc3)C2)cc1. The molecule has 34 heavy (non-hydrogen) atoms. The number of sulfone groups is 1. The highest BCUT2D eigenvalue weighted by Gasteiger charge is 2.39. The lowest BCUT2D eigenvalue weighted by atomic mass is 9.99. The lowest BCUT2D eigenvalue weighted by molar-refractivity contribution is -0.0218. The highest BCUT2D eigenvalue weighted by atomic mass is 32.2. The summed E-state index contributed by atoms with van der Waals surface area (Å²) in [6.07, 6.45) is -0.139. The molecule has 1 N–H and O–H groups in total. The zero-order chi connectivity index (χ0) is 24.1. The van der Waals surface area contributed by atoms with E-state index < -0.39 is 9.84 Å². The molecule has 0 saturated heterocycles. The molecule has 0 unspecified atom stereocenters. The largest absolute Gasteiger partial charge is 0.390 e. The van der Waals surface area contributed by atoms with Crippen LogP contribution < -0.4 is 0 Å². The summed E-state index contributed by atoms with van der Waals surface area (Å²) in [5, 5.41) is 10.4. The Hall–Kier alpha value is -2.93. The van der Waals surface area contributed by atoms with Gasteiger partial charge in [0.15, 0.2) is 0 Å². The topological polar surface area (TPSA) is 66.8 Å². The molecule has 3 aromatic rings. The Morgan fingerprint density at radius 3 is 2.09 bits per heavy atom. The van der Waals surface area contributed by atoms with Crippen molar-refractivity contribution >= 4 is 9.84 Å². The van der Waals surface area contributed by atoms with Gasteiger partial charge in [0.05, 0.1) is 40.9 Å². The number of nitrogens with zero attached hydrogens (tertiary/aromatic N) is 1. The van der Waals surface area contributed by atoms with Crippen molar-refractivity contribution in [2.45, 2.75) is 50.5 Å². The zero-order valence-corrected chi connectivity index (χ0v) is 20.4. The summed E-state index contributed by atoms with van der Waals surface area (Å²) in [5.74, 6) is 0. The van der Waals surface area contributed by atoms with Crippen LogP contribution in [0, 0.1) is 6.92 Å². The van der Waals surface area contributed by atoms with E-state index in [2.05, 4.69) is 0 Å². The van der Waals surface area contributed by atoms with Crippen LogP contribution in [0.25, 0.3) is 0 Å². The maximum Gasteiger partial charge on any atom is 0.204 e. The van der Waals surface area contributed by atoms with Crippen LogP contribution in [-0.4, -0.2) is 37.2 Å². The van der Waals surface area contributed by atoms with Gasteiger partial charge in [-0.1, -0.05) is 78.4 Å². The average molecular weight is 478 g/mol. The van der Waals surface area contributed by atoms with Crippen molar-refractivity contribution in [3.05, 3.63) is 112 Å². The van der Waals surface area contributed by atoms with E-state index in [0.29, 0.717) is 18.8 Å². The van der Waals surface area contributed by atoms with Gasteiger partial charge in [0.25, 0.3) is 0 Å². The molecule has 0 spiro atoms. The Kier molecular flexibility index (Phi) is 7.51. The molecular formula is C28H31NO4S. The van der Waals surface area contributed by atoms with Gasteiger partial charge in [-0.2, -0.15) is 0 Å². The molecule has 4 rings (SSSR count). The Morgan fingerprint density at radius 2 is 1.50 bits per heavy atom. The molecule has 0 saturated carbocycles. The number of aryl methyl sites for hydroxylation is 1. The van der Waals surface area contributed by atoms with E-state index in [-0.39, 0.29) is 35.0 Å². The van der Waals surface area contributed by atoms with Crippen LogP contribution in [0.5, 0.6) is 0 Å². The predicted octanol–water partition coefficient (Wildman–Crippen LogP) is 4.85. The fourth-order valence-electron chi connectivity index (χ4n) is 4.38. The van der Waals surface area contributed by atoms with Crippen molar-refractivity contribution < 1.29 is 18.3 Å². The van der Waals surface area contributed by atoms with Gasteiger partial charge in [0, 0.05) is 13.0 Å². The summed E-state index contributed by atoms with van der Waals surface area (Å²) < 4.78 is 33.8. The Bertz CT molecular complexity index is 1220. The van der Waals surface area contributed by atoms with Gasteiger partial charge in [-0.05, 0) is 37.1 Å². The van der Waals surface area contributed by atoms with Gasteiger partial charge in [-0.15, -0.1) is 0 Å². The number of ether oxygens (including phenoxy) is 1. The van der Waals surface area contributed by atoms with Crippen LogP contribution in [0.1, 0.15) is 30.0 Å². The highest BCUT2D eigenvalue weighted by molar-refractivity contribution is 7.95. The standard InChI is InChI=1S/C28H31NO4S/c1-21-13-15-25(16-14-21)34(31,32)28-17-27(33-20-24-11-7-4-8-12-24)22(2)29(26(28)19-30)18-23-9-5-3-6-10-23/h3-16,22,27,30H,17-20H2,1-2H3/t22-,27-/m0/s1. The summed E-state index contributed by atoms with van der Waals surface area (Å²) in [6, 6.07) is 26.5. The lowest BCUT2D eigenvalue weighted by Crippen LogP contribution is -2.47. The summed E-state index contributed by atoms with van der Waals surface area (Å²) >= 11 is 0. The Morgan fingerprint density at radius 1 is 0.912 bits per heavy atom. The monoisotopic (exact) mass is 477 g/mol. The molecule has 1 heterocycles. The zero-order valence-electron chi connectivity index (χ0n) is 19.6. The Labute approximate surface area is 202 Å². The molecule has 1 aliphatic rings. The third kappa shape index (κ3) is 5.25. The van der Waals surface area contributed by atoms with E-state index in [1.807, 2.05) is 79.4 Å². The molecule has 5 nitrogen and oxygen atoms in total. The van der Waals surface area contributed by atoms with E-state index in [1.165, 1.54) is 0 Å². The second kappa shape index (κ2) is 10.6. The third-order valence-electron chi connectivity index (χ3n) is 6.39. The van der Waals surface area contributed by atoms with E-state index in [4.69, 9.17) is 4.74 Å². The second-order valence-electron chi connectivity index (χ2n) is 8.74. The molecule has 6 heteroatoms. The minimum atomic E-state index is -3.81. The lowest BCUT2D eigenvalue weighted by Gasteiger charge is -2.42.